The molecular weight excluding hydrogens is 260 g/mol. The first-order valence-electron chi connectivity index (χ1n) is 6.19. The highest BCUT2D eigenvalue weighted by Gasteiger charge is 2.09. The van der Waals surface area contributed by atoms with Gasteiger partial charge in [0.05, 0.1) is 0 Å². The second-order valence-electron chi connectivity index (χ2n) is 4.66. The van der Waals surface area contributed by atoms with Crippen LogP contribution in [0.2, 0.25) is 5.02 Å². The van der Waals surface area contributed by atoms with Gasteiger partial charge in [0.2, 0.25) is 5.88 Å². The van der Waals surface area contributed by atoms with Crippen LogP contribution in [0.3, 0.4) is 0 Å². The molecular formula is C15H17ClN2O. The zero-order valence-electron chi connectivity index (χ0n) is 11.1. The van der Waals surface area contributed by atoms with E-state index in [2.05, 4.69) is 4.98 Å². The fourth-order valence-electron chi connectivity index (χ4n) is 1.81. The summed E-state index contributed by atoms with van der Waals surface area (Å²) in [6, 6.07) is 9.48. The Balaban J connectivity index is 2.30. The zero-order valence-corrected chi connectivity index (χ0v) is 11.8. The van der Waals surface area contributed by atoms with Crippen LogP contribution in [0, 0.1) is 6.92 Å². The molecule has 0 fully saturated rings. The third-order valence-electron chi connectivity index (χ3n) is 2.75. The Labute approximate surface area is 118 Å². The van der Waals surface area contributed by atoms with E-state index in [9.17, 15) is 0 Å². The van der Waals surface area contributed by atoms with Gasteiger partial charge in [0, 0.05) is 22.8 Å². The second-order valence-corrected chi connectivity index (χ2v) is 5.10. The Morgan fingerprint density at radius 1 is 1.37 bits per heavy atom. The number of hydrogen-bond donors (Lipinski definition) is 1. The van der Waals surface area contributed by atoms with Gasteiger partial charge in [0.15, 0.2) is 0 Å². The highest BCUT2D eigenvalue weighted by atomic mass is 35.5. The van der Waals surface area contributed by atoms with Crippen LogP contribution < -0.4 is 10.5 Å². The Morgan fingerprint density at radius 3 is 2.89 bits per heavy atom. The van der Waals surface area contributed by atoms with Crippen molar-refractivity contribution in [3.05, 3.63) is 52.7 Å². The lowest BCUT2D eigenvalue weighted by Gasteiger charge is -2.13. The predicted molar refractivity (Wildman–Crippen MR) is 77.9 cm³/mol. The highest BCUT2D eigenvalue weighted by Crippen LogP contribution is 2.28. The number of aryl methyl sites for hydroxylation is 1. The molecule has 100 valence electrons. The van der Waals surface area contributed by atoms with Crippen molar-refractivity contribution >= 4 is 11.6 Å². The summed E-state index contributed by atoms with van der Waals surface area (Å²) in [7, 11) is 0. The Bertz CT molecular complexity index is 570. The van der Waals surface area contributed by atoms with Crippen molar-refractivity contribution in [1.82, 2.24) is 4.98 Å². The highest BCUT2D eigenvalue weighted by molar-refractivity contribution is 6.30. The van der Waals surface area contributed by atoms with Crippen molar-refractivity contribution in [1.29, 1.82) is 0 Å². The third-order valence-corrected chi connectivity index (χ3v) is 2.98. The summed E-state index contributed by atoms with van der Waals surface area (Å²) in [5, 5.41) is 0.644. The summed E-state index contributed by atoms with van der Waals surface area (Å²) in [5.41, 5.74) is 7.85. The van der Waals surface area contributed by atoms with E-state index >= 15 is 0 Å². The van der Waals surface area contributed by atoms with Crippen molar-refractivity contribution in [2.45, 2.75) is 26.3 Å². The van der Waals surface area contributed by atoms with Crippen LogP contribution in [0.4, 0.5) is 0 Å². The van der Waals surface area contributed by atoms with Gasteiger partial charge in [-0.3, -0.25) is 0 Å². The number of aromatic nitrogens is 1. The summed E-state index contributed by atoms with van der Waals surface area (Å²) in [6.07, 6.45) is 2.43. The number of ether oxygens (including phenoxy) is 1. The normalized spacial score (nSPS) is 12.2. The molecule has 19 heavy (non-hydrogen) atoms. The van der Waals surface area contributed by atoms with E-state index < -0.39 is 0 Å². The molecule has 1 aromatic carbocycles. The van der Waals surface area contributed by atoms with E-state index in [1.54, 1.807) is 12.3 Å². The number of halogens is 1. The molecule has 0 aliphatic heterocycles. The zero-order chi connectivity index (χ0) is 13.8. The van der Waals surface area contributed by atoms with Gasteiger partial charge >= 0.3 is 0 Å². The van der Waals surface area contributed by atoms with Crippen molar-refractivity contribution in [2.75, 3.05) is 0 Å². The fraction of sp³-hybridized carbons (Fsp3) is 0.267. The van der Waals surface area contributed by atoms with Crippen LogP contribution in [-0.4, -0.2) is 11.0 Å². The quantitative estimate of drug-likeness (QED) is 0.926. The van der Waals surface area contributed by atoms with E-state index in [4.69, 9.17) is 22.1 Å². The summed E-state index contributed by atoms with van der Waals surface area (Å²) in [4.78, 5) is 4.28. The molecule has 0 saturated heterocycles. The van der Waals surface area contributed by atoms with Crippen LogP contribution in [-0.2, 0) is 6.42 Å². The number of nitrogens with zero attached hydrogens (tertiary/aromatic N) is 1. The maximum atomic E-state index is 5.99. The van der Waals surface area contributed by atoms with Crippen molar-refractivity contribution in [3.63, 3.8) is 0 Å². The molecule has 0 aliphatic rings. The minimum atomic E-state index is 0.0620. The molecule has 3 nitrogen and oxygen atoms in total. The first-order chi connectivity index (χ1) is 9.06. The van der Waals surface area contributed by atoms with Crippen LogP contribution in [0.25, 0.3) is 0 Å². The topological polar surface area (TPSA) is 48.1 Å². The standard InChI is InChI=1S/C15H17ClN2O/c1-10-5-6-13(16)9-14(10)19-15-12(8-11(2)17)4-3-7-18-15/h3-7,9,11H,8,17H2,1-2H3. The molecule has 0 bridgehead atoms. The Morgan fingerprint density at radius 2 is 2.16 bits per heavy atom. The summed E-state index contributed by atoms with van der Waals surface area (Å²) >= 11 is 5.99. The molecule has 4 heteroatoms. The molecule has 2 rings (SSSR count). The molecule has 1 unspecified atom stereocenters. The van der Waals surface area contributed by atoms with Gasteiger partial charge in [-0.05, 0) is 44.0 Å². The van der Waals surface area contributed by atoms with Crippen LogP contribution in [0.1, 0.15) is 18.1 Å². The second kappa shape index (κ2) is 6.04. The molecule has 1 atom stereocenters. The molecule has 0 amide bonds. The van der Waals surface area contributed by atoms with Gasteiger partial charge in [-0.25, -0.2) is 4.98 Å². The molecule has 2 aromatic rings. The average Bonchev–Trinajstić information content (AvgIpc) is 2.35. The van der Waals surface area contributed by atoms with Crippen molar-refractivity contribution in [2.24, 2.45) is 5.73 Å². The largest absolute Gasteiger partial charge is 0.438 e. The predicted octanol–water partition coefficient (Wildman–Crippen LogP) is 3.73. The lowest BCUT2D eigenvalue weighted by molar-refractivity contribution is 0.450. The van der Waals surface area contributed by atoms with Gasteiger partial charge in [-0.2, -0.15) is 0 Å². The SMILES string of the molecule is Cc1ccc(Cl)cc1Oc1ncccc1CC(C)N. The number of rotatable bonds is 4. The molecule has 0 spiro atoms. The third kappa shape index (κ3) is 3.69. The average molecular weight is 277 g/mol. The van der Waals surface area contributed by atoms with Crippen molar-refractivity contribution < 1.29 is 4.74 Å². The molecule has 2 N–H and O–H groups in total. The Kier molecular flexibility index (Phi) is 4.40. The lowest BCUT2D eigenvalue weighted by Crippen LogP contribution is -2.18. The number of hydrogen-bond acceptors (Lipinski definition) is 3. The van der Waals surface area contributed by atoms with Gasteiger partial charge < -0.3 is 10.5 Å². The summed E-state index contributed by atoms with van der Waals surface area (Å²) < 4.78 is 5.87. The first kappa shape index (κ1) is 13.8. The van der Waals surface area contributed by atoms with Crippen LogP contribution in [0.15, 0.2) is 36.5 Å². The van der Waals surface area contributed by atoms with Gasteiger partial charge in [0.1, 0.15) is 5.75 Å². The maximum absolute atomic E-state index is 5.99. The van der Waals surface area contributed by atoms with Gasteiger partial charge in [0.25, 0.3) is 0 Å². The first-order valence-corrected chi connectivity index (χ1v) is 6.57. The van der Waals surface area contributed by atoms with Gasteiger partial charge in [-0.1, -0.05) is 23.7 Å². The summed E-state index contributed by atoms with van der Waals surface area (Å²) in [6.45, 7) is 3.93. The molecule has 1 aromatic heterocycles. The van der Waals surface area contributed by atoms with Gasteiger partial charge in [-0.15, -0.1) is 0 Å². The smallest absolute Gasteiger partial charge is 0.222 e. The van der Waals surface area contributed by atoms with E-state index in [-0.39, 0.29) is 6.04 Å². The fourth-order valence-corrected chi connectivity index (χ4v) is 1.97. The van der Waals surface area contributed by atoms with E-state index in [0.717, 1.165) is 23.3 Å². The minimum absolute atomic E-state index is 0.0620. The monoisotopic (exact) mass is 276 g/mol. The lowest BCUT2D eigenvalue weighted by atomic mass is 10.1. The molecule has 0 radical (unpaired) electrons. The van der Waals surface area contributed by atoms with E-state index in [0.29, 0.717) is 10.9 Å². The number of pyridine rings is 1. The molecule has 0 aliphatic carbocycles. The molecule has 1 heterocycles. The Hall–Kier alpha value is -1.58. The summed E-state index contributed by atoms with van der Waals surface area (Å²) in [5.74, 6) is 1.31. The minimum Gasteiger partial charge on any atom is -0.438 e. The van der Waals surface area contributed by atoms with E-state index in [1.807, 2.05) is 38.1 Å². The molecule has 0 saturated carbocycles. The van der Waals surface area contributed by atoms with E-state index in [1.165, 1.54) is 0 Å². The number of nitrogens with two attached hydrogens (primary N) is 1. The van der Waals surface area contributed by atoms with Crippen LogP contribution >= 0.6 is 11.6 Å². The van der Waals surface area contributed by atoms with Crippen LogP contribution in [0.5, 0.6) is 11.6 Å². The van der Waals surface area contributed by atoms with Crippen molar-refractivity contribution in [3.8, 4) is 11.6 Å². The number of benzene rings is 1. The maximum Gasteiger partial charge on any atom is 0.222 e.